The summed E-state index contributed by atoms with van der Waals surface area (Å²) in [7, 11) is 0. The highest BCUT2D eigenvalue weighted by Crippen LogP contribution is 2.25. The van der Waals surface area contributed by atoms with Gasteiger partial charge in [0, 0.05) is 37.6 Å². The summed E-state index contributed by atoms with van der Waals surface area (Å²) in [5.74, 6) is 1.00. The predicted molar refractivity (Wildman–Crippen MR) is 107 cm³/mol. The Balaban J connectivity index is 1.48. The lowest BCUT2D eigenvalue weighted by atomic mass is 9.97. The first-order chi connectivity index (χ1) is 12.5. The first-order valence-electron chi connectivity index (χ1n) is 8.70. The number of nitrogens with one attached hydrogen (secondary N) is 1. The molecule has 3 rings (SSSR count). The number of hydrogen-bond acceptors (Lipinski definition) is 5. The van der Waals surface area contributed by atoms with E-state index in [0.29, 0.717) is 12.5 Å². The fourth-order valence-corrected chi connectivity index (χ4v) is 3.87. The summed E-state index contributed by atoms with van der Waals surface area (Å²) in [4.78, 5) is 17.4. The summed E-state index contributed by atoms with van der Waals surface area (Å²) in [5, 5.41) is 3.78. The number of nitrogens with zero attached hydrogens (tertiary/aromatic N) is 3. The second-order valence-corrected chi connectivity index (χ2v) is 8.46. The Morgan fingerprint density at radius 3 is 2.65 bits per heavy atom. The number of alkyl halides is 2. The molecule has 1 aromatic heterocycles. The molecule has 0 radical (unpaired) electrons. The normalized spacial score (nSPS) is 15.5. The number of piperidine rings is 1. The van der Waals surface area contributed by atoms with Crippen LogP contribution in [-0.4, -0.2) is 39.7 Å². The summed E-state index contributed by atoms with van der Waals surface area (Å²) < 4.78 is 4.51. The molecule has 0 atom stereocenters. The van der Waals surface area contributed by atoms with E-state index >= 15 is 0 Å². The highest BCUT2D eigenvalue weighted by atomic mass is 35.5. The maximum Gasteiger partial charge on any atom is 0.253 e. The smallest absolute Gasteiger partial charge is 0.253 e. The lowest BCUT2D eigenvalue weighted by Gasteiger charge is -2.31. The van der Waals surface area contributed by atoms with Crippen LogP contribution < -0.4 is 10.2 Å². The van der Waals surface area contributed by atoms with E-state index < -0.39 is 4.84 Å². The maximum absolute atomic E-state index is 11.4. The molecule has 1 N–H and O–H groups in total. The van der Waals surface area contributed by atoms with Crippen molar-refractivity contribution in [3.63, 3.8) is 0 Å². The predicted octanol–water partition coefficient (Wildman–Crippen LogP) is 3.57. The van der Waals surface area contributed by atoms with E-state index in [-0.39, 0.29) is 5.91 Å². The largest absolute Gasteiger partial charge is 0.353 e. The van der Waals surface area contributed by atoms with Crippen LogP contribution in [0.3, 0.4) is 0 Å². The van der Waals surface area contributed by atoms with Gasteiger partial charge in [-0.2, -0.15) is 4.37 Å². The molecule has 2 aromatic rings. The molecule has 1 fully saturated rings. The highest BCUT2D eigenvalue weighted by Gasteiger charge is 2.23. The summed E-state index contributed by atoms with van der Waals surface area (Å²) >= 11 is 12.6. The Bertz CT molecular complexity index is 727. The van der Waals surface area contributed by atoms with Gasteiger partial charge in [-0.15, -0.1) is 0 Å². The number of carbonyl (C=O) groups is 1. The first-order valence-corrected chi connectivity index (χ1v) is 10.3. The Hall–Kier alpha value is -1.37. The lowest BCUT2D eigenvalue weighted by molar-refractivity contribution is -0.119. The van der Waals surface area contributed by atoms with Crippen LogP contribution in [0.25, 0.3) is 0 Å². The number of hydrogen-bond donors (Lipinski definition) is 1. The standard InChI is InChI=1S/C18H22Cl2N4OS/c1-12-2-4-13(5-3-12)10-15-22-18(26-23-15)24-8-6-14(7-9-24)11-21-17(25)16(19)20/h2-5,14,16H,6-11H2,1H3,(H,21,25). The molecule has 26 heavy (non-hydrogen) atoms. The van der Waals surface area contributed by atoms with Crippen LogP contribution in [0.4, 0.5) is 5.13 Å². The van der Waals surface area contributed by atoms with Gasteiger partial charge in [-0.3, -0.25) is 4.79 Å². The van der Waals surface area contributed by atoms with Crippen LogP contribution in [0.5, 0.6) is 0 Å². The maximum atomic E-state index is 11.4. The highest BCUT2D eigenvalue weighted by molar-refractivity contribution is 7.09. The van der Waals surface area contributed by atoms with E-state index in [4.69, 9.17) is 28.2 Å². The minimum absolute atomic E-state index is 0.319. The van der Waals surface area contributed by atoms with Gasteiger partial charge in [0.2, 0.25) is 5.13 Å². The van der Waals surface area contributed by atoms with Crippen molar-refractivity contribution in [2.24, 2.45) is 5.92 Å². The van der Waals surface area contributed by atoms with Gasteiger partial charge in [0.1, 0.15) is 5.82 Å². The molecule has 1 aromatic carbocycles. The van der Waals surface area contributed by atoms with Gasteiger partial charge in [-0.25, -0.2) is 4.98 Å². The van der Waals surface area contributed by atoms with Gasteiger partial charge in [0.25, 0.3) is 5.91 Å². The van der Waals surface area contributed by atoms with Crippen LogP contribution in [-0.2, 0) is 11.2 Å². The van der Waals surface area contributed by atoms with Gasteiger partial charge in [0.15, 0.2) is 4.84 Å². The van der Waals surface area contributed by atoms with Crippen molar-refractivity contribution in [1.29, 1.82) is 0 Å². The minimum Gasteiger partial charge on any atom is -0.353 e. The second kappa shape index (κ2) is 9.02. The number of rotatable bonds is 6. The van der Waals surface area contributed by atoms with Crippen LogP contribution in [0.1, 0.15) is 29.8 Å². The van der Waals surface area contributed by atoms with E-state index in [1.165, 1.54) is 22.7 Å². The van der Waals surface area contributed by atoms with Crippen molar-refractivity contribution in [3.05, 3.63) is 41.2 Å². The molecule has 1 saturated heterocycles. The van der Waals surface area contributed by atoms with Gasteiger partial charge in [-0.05, 0) is 31.2 Å². The molecule has 1 amide bonds. The summed E-state index contributed by atoms with van der Waals surface area (Å²) in [5.41, 5.74) is 2.48. The number of aryl methyl sites for hydroxylation is 1. The number of anilines is 1. The van der Waals surface area contributed by atoms with Gasteiger partial charge in [-0.1, -0.05) is 53.0 Å². The van der Waals surface area contributed by atoms with Gasteiger partial charge < -0.3 is 10.2 Å². The number of aromatic nitrogens is 2. The molecule has 0 spiro atoms. The van der Waals surface area contributed by atoms with Crippen LogP contribution >= 0.6 is 34.7 Å². The summed E-state index contributed by atoms with van der Waals surface area (Å²) in [6, 6.07) is 8.48. The summed E-state index contributed by atoms with van der Waals surface area (Å²) in [6.07, 6.45) is 2.77. The first kappa shape index (κ1) is 19.4. The zero-order valence-electron chi connectivity index (χ0n) is 14.6. The van der Waals surface area contributed by atoms with E-state index in [9.17, 15) is 4.79 Å². The van der Waals surface area contributed by atoms with Crippen molar-refractivity contribution in [2.45, 2.75) is 31.0 Å². The van der Waals surface area contributed by atoms with Crippen molar-refractivity contribution in [3.8, 4) is 0 Å². The molecule has 5 nitrogen and oxygen atoms in total. The molecule has 140 valence electrons. The third kappa shape index (κ3) is 5.32. The SMILES string of the molecule is Cc1ccc(Cc2nsc(N3CCC(CNC(=O)C(Cl)Cl)CC3)n2)cc1. The van der Waals surface area contributed by atoms with E-state index in [1.807, 2.05) is 0 Å². The van der Waals surface area contributed by atoms with Gasteiger partial charge >= 0.3 is 0 Å². The third-order valence-electron chi connectivity index (χ3n) is 4.59. The number of carbonyl (C=O) groups excluding carboxylic acids is 1. The quantitative estimate of drug-likeness (QED) is 0.736. The monoisotopic (exact) mass is 412 g/mol. The van der Waals surface area contributed by atoms with Crippen LogP contribution in [0, 0.1) is 12.8 Å². The molecular formula is C18H22Cl2N4OS. The Labute approximate surface area is 167 Å². The van der Waals surface area contributed by atoms with Gasteiger partial charge in [0.05, 0.1) is 0 Å². The molecule has 0 aliphatic carbocycles. The Kier molecular flexibility index (Phi) is 6.73. The summed E-state index contributed by atoms with van der Waals surface area (Å²) in [6.45, 7) is 4.55. The average molecular weight is 413 g/mol. The molecule has 2 heterocycles. The second-order valence-electron chi connectivity index (χ2n) is 6.63. The molecule has 1 aliphatic rings. The lowest BCUT2D eigenvalue weighted by Crippen LogP contribution is -2.39. The van der Waals surface area contributed by atoms with Crippen molar-refractivity contribution in [1.82, 2.24) is 14.7 Å². The number of halogens is 2. The topological polar surface area (TPSA) is 58.1 Å². The van der Waals surface area contributed by atoms with Crippen LogP contribution in [0.2, 0.25) is 0 Å². The van der Waals surface area contributed by atoms with Crippen molar-refractivity contribution < 1.29 is 4.79 Å². The van der Waals surface area contributed by atoms with E-state index in [2.05, 4.69) is 45.8 Å². The fraction of sp³-hybridized carbons (Fsp3) is 0.500. The molecule has 0 bridgehead atoms. The van der Waals surface area contributed by atoms with E-state index in [0.717, 1.165) is 43.3 Å². The molecule has 1 aliphatic heterocycles. The van der Waals surface area contributed by atoms with Crippen molar-refractivity contribution in [2.75, 3.05) is 24.5 Å². The van der Waals surface area contributed by atoms with Crippen molar-refractivity contribution >= 4 is 45.8 Å². The Morgan fingerprint density at radius 1 is 1.31 bits per heavy atom. The fourth-order valence-electron chi connectivity index (χ4n) is 2.98. The van der Waals surface area contributed by atoms with Crippen LogP contribution in [0.15, 0.2) is 24.3 Å². The minimum atomic E-state index is -0.997. The molecular weight excluding hydrogens is 391 g/mol. The number of amides is 1. The molecule has 0 unspecified atom stereocenters. The van der Waals surface area contributed by atoms with E-state index in [1.54, 1.807) is 0 Å². The Morgan fingerprint density at radius 2 is 2.00 bits per heavy atom. The zero-order valence-corrected chi connectivity index (χ0v) is 16.9. The zero-order chi connectivity index (χ0) is 18.5. The number of benzene rings is 1. The molecule has 0 saturated carbocycles. The average Bonchev–Trinajstić information content (AvgIpc) is 3.10. The third-order valence-corrected chi connectivity index (χ3v) is 5.80. The molecule has 8 heteroatoms.